The minimum atomic E-state index is -0.0481. The van der Waals surface area contributed by atoms with Crippen molar-refractivity contribution in [2.75, 3.05) is 20.3 Å². The SMILES string of the molecule is COc1cc(CN(Cc2cccnc2)C(=O)c2cccc3c(C)c(C)[nH]c23)ccc1OC1CCOC1. The zero-order valence-electron chi connectivity index (χ0n) is 20.9. The first-order chi connectivity index (χ1) is 17.5. The average Bonchev–Trinajstić information content (AvgIpc) is 3.52. The lowest BCUT2D eigenvalue weighted by molar-refractivity contribution is 0.0731. The van der Waals surface area contributed by atoms with E-state index in [1.54, 1.807) is 19.5 Å². The largest absolute Gasteiger partial charge is 0.493 e. The highest BCUT2D eigenvalue weighted by Gasteiger charge is 2.23. The van der Waals surface area contributed by atoms with Crippen molar-refractivity contribution in [3.8, 4) is 11.5 Å². The molecule has 1 saturated heterocycles. The number of methoxy groups -OCH3 is 1. The number of rotatable bonds is 8. The van der Waals surface area contributed by atoms with Gasteiger partial charge in [-0.05, 0) is 54.8 Å². The third-order valence-corrected chi connectivity index (χ3v) is 6.74. The number of para-hydroxylation sites is 1. The first-order valence-corrected chi connectivity index (χ1v) is 12.2. The summed E-state index contributed by atoms with van der Waals surface area (Å²) in [5.41, 5.74) is 5.66. The van der Waals surface area contributed by atoms with Gasteiger partial charge < -0.3 is 24.1 Å². The summed E-state index contributed by atoms with van der Waals surface area (Å²) in [7, 11) is 1.63. The molecule has 1 amide bonds. The van der Waals surface area contributed by atoms with Crippen LogP contribution >= 0.6 is 0 Å². The van der Waals surface area contributed by atoms with E-state index in [1.165, 1.54) is 0 Å². The molecule has 2 aromatic heterocycles. The van der Waals surface area contributed by atoms with Crippen LogP contribution in [0.15, 0.2) is 60.9 Å². The van der Waals surface area contributed by atoms with Gasteiger partial charge in [0.25, 0.3) is 5.91 Å². The van der Waals surface area contributed by atoms with E-state index in [0.29, 0.717) is 43.4 Å². The third-order valence-electron chi connectivity index (χ3n) is 6.74. The Hall–Kier alpha value is -3.84. The number of nitrogens with one attached hydrogen (secondary N) is 1. The molecule has 3 heterocycles. The van der Waals surface area contributed by atoms with Crippen molar-refractivity contribution in [2.24, 2.45) is 0 Å². The Morgan fingerprint density at radius 1 is 1.11 bits per heavy atom. The average molecular weight is 486 g/mol. The van der Waals surface area contributed by atoms with E-state index < -0.39 is 0 Å². The van der Waals surface area contributed by atoms with Gasteiger partial charge in [-0.1, -0.05) is 24.3 Å². The van der Waals surface area contributed by atoms with Crippen LogP contribution in [0.25, 0.3) is 10.9 Å². The van der Waals surface area contributed by atoms with Gasteiger partial charge in [0, 0.05) is 43.0 Å². The molecule has 2 aromatic carbocycles. The fraction of sp³-hybridized carbons (Fsp3) is 0.310. The van der Waals surface area contributed by atoms with Crippen molar-refractivity contribution in [1.82, 2.24) is 14.9 Å². The van der Waals surface area contributed by atoms with E-state index in [2.05, 4.69) is 23.0 Å². The minimum Gasteiger partial charge on any atom is -0.493 e. The van der Waals surface area contributed by atoms with E-state index in [-0.39, 0.29) is 12.0 Å². The highest BCUT2D eigenvalue weighted by Crippen LogP contribution is 2.31. The number of hydrogen-bond acceptors (Lipinski definition) is 5. The minimum absolute atomic E-state index is 0.0293. The van der Waals surface area contributed by atoms with Crippen LogP contribution in [0, 0.1) is 13.8 Å². The molecule has 5 rings (SSSR count). The van der Waals surface area contributed by atoms with Gasteiger partial charge in [0.2, 0.25) is 0 Å². The zero-order chi connectivity index (χ0) is 25.1. The van der Waals surface area contributed by atoms with Crippen LogP contribution in [0.1, 0.15) is 39.2 Å². The molecule has 7 nitrogen and oxygen atoms in total. The first-order valence-electron chi connectivity index (χ1n) is 12.2. The monoisotopic (exact) mass is 485 g/mol. The molecule has 0 radical (unpaired) electrons. The number of pyridine rings is 1. The number of aryl methyl sites for hydroxylation is 2. The molecule has 1 aliphatic heterocycles. The number of fused-ring (bicyclic) bond motifs is 1. The van der Waals surface area contributed by atoms with Gasteiger partial charge in [-0.2, -0.15) is 0 Å². The Morgan fingerprint density at radius 3 is 2.72 bits per heavy atom. The van der Waals surface area contributed by atoms with Crippen LogP contribution in [-0.4, -0.2) is 47.2 Å². The molecular formula is C29H31N3O4. The molecule has 186 valence electrons. The molecule has 1 N–H and O–H groups in total. The highest BCUT2D eigenvalue weighted by atomic mass is 16.6. The number of aromatic amines is 1. The summed E-state index contributed by atoms with van der Waals surface area (Å²) < 4.78 is 17.1. The maximum Gasteiger partial charge on any atom is 0.256 e. The Bertz CT molecular complexity index is 1360. The molecule has 1 atom stereocenters. The fourth-order valence-corrected chi connectivity index (χ4v) is 4.66. The Kier molecular flexibility index (Phi) is 6.91. The lowest BCUT2D eigenvalue weighted by atomic mass is 10.1. The second-order valence-corrected chi connectivity index (χ2v) is 9.21. The lowest BCUT2D eigenvalue weighted by Crippen LogP contribution is -2.30. The summed E-state index contributed by atoms with van der Waals surface area (Å²) in [6, 6.07) is 15.6. The number of H-pyrrole nitrogens is 1. The maximum absolute atomic E-state index is 14.0. The molecule has 7 heteroatoms. The topological polar surface area (TPSA) is 76.7 Å². The second kappa shape index (κ2) is 10.4. The Morgan fingerprint density at radius 2 is 1.97 bits per heavy atom. The van der Waals surface area contributed by atoms with Crippen LogP contribution in [0.2, 0.25) is 0 Å². The fourth-order valence-electron chi connectivity index (χ4n) is 4.66. The summed E-state index contributed by atoms with van der Waals surface area (Å²) in [4.78, 5) is 23.5. The number of nitrogens with zero attached hydrogens (tertiary/aromatic N) is 2. The molecule has 1 aliphatic rings. The van der Waals surface area contributed by atoms with Gasteiger partial charge in [-0.15, -0.1) is 0 Å². The number of ether oxygens (including phenoxy) is 3. The van der Waals surface area contributed by atoms with Gasteiger partial charge in [-0.3, -0.25) is 9.78 Å². The van der Waals surface area contributed by atoms with Crippen molar-refractivity contribution in [3.63, 3.8) is 0 Å². The van der Waals surface area contributed by atoms with Crippen molar-refractivity contribution in [2.45, 2.75) is 39.5 Å². The Balaban J connectivity index is 1.46. The summed E-state index contributed by atoms with van der Waals surface area (Å²) >= 11 is 0. The molecule has 1 fully saturated rings. The van der Waals surface area contributed by atoms with Gasteiger partial charge >= 0.3 is 0 Å². The lowest BCUT2D eigenvalue weighted by Gasteiger charge is -2.24. The van der Waals surface area contributed by atoms with Crippen molar-refractivity contribution in [3.05, 3.63) is 88.9 Å². The van der Waals surface area contributed by atoms with Crippen molar-refractivity contribution >= 4 is 16.8 Å². The molecule has 0 bridgehead atoms. The summed E-state index contributed by atoms with van der Waals surface area (Å²) in [6.07, 6.45) is 4.42. The van der Waals surface area contributed by atoms with Crippen molar-refractivity contribution < 1.29 is 19.0 Å². The molecule has 0 saturated carbocycles. The number of carbonyl (C=O) groups excluding carboxylic acids is 1. The molecule has 0 spiro atoms. The number of benzene rings is 2. The summed E-state index contributed by atoms with van der Waals surface area (Å²) in [5.74, 6) is 1.28. The van der Waals surface area contributed by atoms with Crippen molar-refractivity contribution in [1.29, 1.82) is 0 Å². The smallest absolute Gasteiger partial charge is 0.256 e. The molecule has 36 heavy (non-hydrogen) atoms. The van der Waals surface area contributed by atoms with Gasteiger partial charge in [0.15, 0.2) is 11.5 Å². The van der Waals surface area contributed by atoms with Crippen LogP contribution in [0.4, 0.5) is 0 Å². The predicted molar refractivity (Wildman–Crippen MR) is 138 cm³/mol. The highest BCUT2D eigenvalue weighted by molar-refractivity contribution is 6.06. The summed E-state index contributed by atoms with van der Waals surface area (Å²) in [5, 5.41) is 1.07. The van der Waals surface area contributed by atoms with E-state index in [1.807, 2.05) is 54.3 Å². The standard InChI is InChI=1S/C29H31N3O4/c1-19-20(2)31-28-24(19)7-4-8-25(28)29(33)32(17-22-6-5-12-30-15-22)16-21-9-10-26(27(14-21)34-3)36-23-11-13-35-18-23/h4-10,12,14-15,23,31H,11,13,16-18H2,1-3H3. The molecule has 0 aliphatic carbocycles. The third kappa shape index (κ3) is 4.93. The molecular weight excluding hydrogens is 454 g/mol. The predicted octanol–water partition coefficient (Wildman–Crippen LogP) is 5.20. The Labute approximate surface area is 211 Å². The quantitative estimate of drug-likeness (QED) is 0.371. The molecule has 1 unspecified atom stereocenters. The maximum atomic E-state index is 14.0. The number of hydrogen-bond donors (Lipinski definition) is 1. The molecule has 4 aromatic rings. The second-order valence-electron chi connectivity index (χ2n) is 9.21. The van der Waals surface area contributed by atoms with E-state index >= 15 is 0 Å². The van der Waals surface area contributed by atoms with E-state index in [0.717, 1.165) is 39.7 Å². The van der Waals surface area contributed by atoms with Gasteiger partial charge in [-0.25, -0.2) is 0 Å². The number of carbonyl (C=O) groups is 1. The van der Waals surface area contributed by atoms with Crippen LogP contribution in [0.5, 0.6) is 11.5 Å². The van der Waals surface area contributed by atoms with Crippen LogP contribution in [-0.2, 0) is 17.8 Å². The van der Waals surface area contributed by atoms with Gasteiger partial charge in [0.1, 0.15) is 6.10 Å². The zero-order valence-corrected chi connectivity index (χ0v) is 20.9. The van der Waals surface area contributed by atoms with Gasteiger partial charge in [0.05, 0.1) is 31.4 Å². The number of amides is 1. The van der Waals surface area contributed by atoms with Crippen LogP contribution in [0.3, 0.4) is 0 Å². The van der Waals surface area contributed by atoms with E-state index in [9.17, 15) is 4.79 Å². The first kappa shape index (κ1) is 23.9. The normalized spacial score (nSPS) is 15.2. The van der Waals surface area contributed by atoms with E-state index in [4.69, 9.17) is 14.2 Å². The van der Waals surface area contributed by atoms with Crippen LogP contribution < -0.4 is 9.47 Å². The number of aromatic nitrogens is 2. The summed E-state index contributed by atoms with van der Waals surface area (Å²) in [6.45, 7) is 6.24.